The third-order valence-corrected chi connectivity index (χ3v) is 6.56. The first-order valence-corrected chi connectivity index (χ1v) is 12.8. The fourth-order valence-electron chi connectivity index (χ4n) is 3.38. The predicted octanol–water partition coefficient (Wildman–Crippen LogP) is 5.36. The minimum absolute atomic E-state index is 0.0372. The monoisotopic (exact) mass is 665 g/mol. The fraction of sp³-hybridized carbons (Fsp3) is 0.120. The van der Waals surface area contributed by atoms with Crippen LogP contribution < -0.4 is 15.4 Å². The first kappa shape index (κ1) is 27.4. The van der Waals surface area contributed by atoms with E-state index in [1.165, 1.54) is 25.3 Å². The van der Waals surface area contributed by atoms with Crippen LogP contribution in [0.15, 0.2) is 67.6 Å². The van der Waals surface area contributed by atoms with E-state index in [0.717, 1.165) is 4.90 Å². The molecular formula is C25H18Br2ClN3O7. The van der Waals surface area contributed by atoms with Crippen molar-refractivity contribution in [3.63, 3.8) is 0 Å². The van der Waals surface area contributed by atoms with Crippen molar-refractivity contribution in [2.45, 2.75) is 6.54 Å². The molecule has 0 unspecified atom stereocenters. The molecule has 4 rings (SSSR count). The van der Waals surface area contributed by atoms with Gasteiger partial charge in [-0.3, -0.25) is 14.5 Å². The van der Waals surface area contributed by atoms with E-state index in [-0.39, 0.29) is 36.3 Å². The summed E-state index contributed by atoms with van der Waals surface area (Å²) < 4.78 is 16.6. The summed E-state index contributed by atoms with van der Waals surface area (Å²) in [4.78, 5) is 50.0. The zero-order chi connectivity index (χ0) is 27.4. The number of carbonyl (C=O) groups is 4. The van der Waals surface area contributed by atoms with E-state index in [2.05, 4.69) is 47.2 Å². The summed E-state index contributed by atoms with van der Waals surface area (Å²) in [5.41, 5.74) is 1.19. The molecular weight excluding hydrogens is 650 g/mol. The Balaban J connectivity index is 1.41. The van der Waals surface area contributed by atoms with Crippen LogP contribution in [0.4, 0.5) is 10.5 Å². The molecule has 0 saturated carbocycles. The van der Waals surface area contributed by atoms with Gasteiger partial charge in [-0.15, -0.1) is 0 Å². The van der Waals surface area contributed by atoms with Crippen molar-refractivity contribution in [2.24, 2.45) is 0 Å². The van der Waals surface area contributed by atoms with Gasteiger partial charge in [-0.1, -0.05) is 11.6 Å². The first-order chi connectivity index (χ1) is 18.1. The number of hydrogen-bond acceptors (Lipinski definition) is 7. The predicted molar refractivity (Wildman–Crippen MR) is 145 cm³/mol. The van der Waals surface area contributed by atoms with E-state index in [0.29, 0.717) is 31.0 Å². The van der Waals surface area contributed by atoms with Gasteiger partial charge in [0, 0.05) is 10.7 Å². The third-order valence-electron chi connectivity index (χ3n) is 5.13. The van der Waals surface area contributed by atoms with Crippen LogP contribution in [0.25, 0.3) is 6.08 Å². The number of esters is 1. The van der Waals surface area contributed by atoms with E-state index in [4.69, 9.17) is 20.8 Å². The number of anilines is 1. The molecule has 0 bridgehead atoms. The van der Waals surface area contributed by atoms with Crippen molar-refractivity contribution in [3.8, 4) is 5.75 Å². The quantitative estimate of drug-likeness (QED) is 0.188. The normalized spacial score (nSPS) is 14.0. The summed E-state index contributed by atoms with van der Waals surface area (Å²) in [7, 11) is 1.22. The maximum Gasteiger partial charge on any atom is 0.373 e. The van der Waals surface area contributed by atoms with Gasteiger partial charge in [0.25, 0.3) is 11.8 Å². The molecule has 1 aliphatic heterocycles. The molecule has 196 valence electrons. The number of nitrogens with zero attached hydrogens (tertiary/aromatic N) is 1. The van der Waals surface area contributed by atoms with Gasteiger partial charge in [-0.2, -0.15) is 0 Å². The van der Waals surface area contributed by atoms with Gasteiger partial charge in [0.05, 0.1) is 22.6 Å². The van der Waals surface area contributed by atoms with Crippen LogP contribution in [-0.4, -0.2) is 42.4 Å². The summed E-state index contributed by atoms with van der Waals surface area (Å²) in [5.74, 6) is -1.03. The maximum absolute atomic E-state index is 12.8. The highest BCUT2D eigenvalue weighted by Crippen LogP contribution is 2.35. The highest BCUT2D eigenvalue weighted by atomic mass is 79.9. The second kappa shape index (κ2) is 11.8. The molecule has 1 aliphatic rings. The Labute approximate surface area is 238 Å². The molecule has 10 nitrogen and oxygen atoms in total. The summed E-state index contributed by atoms with van der Waals surface area (Å²) in [5, 5.41) is 5.79. The standard InChI is InChI=1S/C25H18Br2ClN3O7/c1-36-24(34)20-7-6-16(38-20)11-31-23(33)19(30-25(31)35)10-13-8-17(26)22(18(27)9-13)37-12-21(32)29-15-4-2-14(28)3-5-15/h2-10H,11-12H2,1H3,(H,29,32)(H,30,35)/b19-10-. The van der Waals surface area contributed by atoms with Crippen molar-refractivity contribution in [2.75, 3.05) is 19.0 Å². The van der Waals surface area contributed by atoms with Gasteiger partial charge < -0.3 is 24.5 Å². The average molecular weight is 668 g/mol. The van der Waals surface area contributed by atoms with E-state index >= 15 is 0 Å². The zero-order valence-electron chi connectivity index (χ0n) is 19.5. The number of methoxy groups -OCH3 is 1. The molecule has 2 aromatic carbocycles. The molecule has 0 spiro atoms. The molecule has 4 amide bonds. The van der Waals surface area contributed by atoms with Crippen LogP contribution in [0.1, 0.15) is 21.9 Å². The number of imide groups is 1. The number of halogens is 3. The largest absolute Gasteiger partial charge is 0.481 e. The number of benzene rings is 2. The Morgan fingerprint density at radius 3 is 2.45 bits per heavy atom. The molecule has 2 N–H and O–H groups in total. The van der Waals surface area contributed by atoms with Gasteiger partial charge in [0.1, 0.15) is 17.2 Å². The molecule has 1 saturated heterocycles. The first-order valence-electron chi connectivity index (χ1n) is 10.8. The Morgan fingerprint density at radius 2 is 1.79 bits per heavy atom. The third kappa shape index (κ3) is 6.44. The van der Waals surface area contributed by atoms with Crippen LogP contribution in [0, 0.1) is 0 Å². The smallest absolute Gasteiger partial charge is 0.373 e. The summed E-state index contributed by atoms with van der Waals surface area (Å²) in [6.45, 7) is -0.425. The van der Waals surface area contributed by atoms with E-state index in [1.807, 2.05) is 0 Å². The Bertz CT molecular complexity index is 1430. The Hall–Kier alpha value is -3.61. The molecule has 1 aromatic heterocycles. The summed E-state index contributed by atoms with van der Waals surface area (Å²) in [6.07, 6.45) is 1.49. The minimum Gasteiger partial charge on any atom is -0.481 e. The van der Waals surface area contributed by atoms with Crippen molar-refractivity contribution < 1.29 is 33.1 Å². The lowest BCUT2D eigenvalue weighted by Gasteiger charge is -2.12. The number of furan rings is 1. The Kier molecular flexibility index (Phi) is 8.55. The molecule has 2 heterocycles. The molecule has 13 heteroatoms. The minimum atomic E-state index is -0.667. The number of ether oxygens (including phenoxy) is 2. The van der Waals surface area contributed by atoms with Crippen molar-refractivity contribution in [1.82, 2.24) is 10.2 Å². The second-order valence-electron chi connectivity index (χ2n) is 7.79. The second-order valence-corrected chi connectivity index (χ2v) is 9.94. The highest BCUT2D eigenvalue weighted by Gasteiger charge is 2.34. The molecule has 3 aromatic rings. The van der Waals surface area contributed by atoms with E-state index < -0.39 is 17.9 Å². The number of carbonyl (C=O) groups excluding carboxylic acids is 4. The van der Waals surface area contributed by atoms with Crippen LogP contribution in [0.2, 0.25) is 5.02 Å². The Morgan fingerprint density at radius 1 is 1.11 bits per heavy atom. The average Bonchev–Trinajstić information content (AvgIpc) is 3.45. The van der Waals surface area contributed by atoms with Gasteiger partial charge in [0.2, 0.25) is 5.76 Å². The van der Waals surface area contributed by atoms with Crippen LogP contribution >= 0.6 is 43.5 Å². The highest BCUT2D eigenvalue weighted by molar-refractivity contribution is 9.11. The number of nitrogens with one attached hydrogen (secondary N) is 2. The van der Waals surface area contributed by atoms with Gasteiger partial charge >= 0.3 is 12.0 Å². The van der Waals surface area contributed by atoms with Gasteiger partial charge in [-0.25, -0.2) is 9.59 Å². The number of amides is 4. The van der Waals surface area contributed by atoms with Crippen LogP contribution in [0.5, 0.6) is 5.75 Å². The zero-order valence-corrected chi connectivity index (χ0v) is 23.5. The van der Waals surface area contributed by atoms with Crippen LogP contribution in [0.3, 0.4) is 0 Å². The molecule has 1 fully saturated rings. The molecule has 0 atom stereocenters. The number of urea groups is 1. The molecule has 0 radical (unpaired) electrons. The SMILES string of the molecule is COC(=O)c1ccc(CN2C(=O)N/C(=C\c3cc(Br)c(OCC(=O)Nc4ccc(Cl)cc4)c(Br)c3)C2=O)o1. The lowest BCUT2D eigenvalue weighted by atomic mass is 10.2. The van der Waals surface area contributed by atoms with Crippen molar-refractivity contribution in [3.05, 3.63) is 85.3 Å². The van der Waals surface area contributed by atoms with Gasteiger partial charge in [-0.05, 0) is 92.0 Å². The van der Waals surface area contributed by atoms with E-state index in [1.54, 1.807) is 36.4 Å². The number of hydrogen-bond donors (Lipinski definition) is 2. The summed E-state index contributed by atoms with van der Waals surface area (Å²) in [6, 6.07) is 12.2. The van der Waals surface area contributed by atoms with Crippen LogP contribution in [-0.2, 0) is 20.9 Å². The fourth-order valence-corrected chi connectivity index (χ4v) is 4.96. The van der Waals surface area contributed by atoms with E-state index in [9.17, 15) is 19.2 Å². The topological polar surface area (TPSA) is 127 Å². The summed E-state index contributed by atoms with van der Waals surface area (Å²) >= 11 is 12.7. The lowest BCUT2D eigenvalue weighted by molar-refractivity contribution is -0.123. The van der Waals surface area contributed by atoms with Crippen molar-refractivity contribution >= 4 is 79.0 Å². The maximum atomic E-state index is 12.8. The lowest BCUT2D eigenvalue weighted by Crippen LogP contribution is -2.30. The number of rotatable bonds is 8. The molecule has 38 heavy (non-hydrogen) atoms. The van der Waals surface area contributed by atoms with Gasteiger partial charge in [0.15, 0.2) is 6.61 Å². The van der Waals surface area contributed by atoms with Crippen molar-refractivity contribution in [1.29, 1.82) is 0 Å². The molecule has 0 aliphatic carbocycles.